The first kappa shape index (κ1) is 14.6. The van der Waals surface area contributed by atoms with Crippen LogP contribution < -0.4 is 5.32 Å². The fraction of sp³-hybridized carbons (Fsp3) is 0.500. The molecule has 4 nitrogen and oxygen atoms in total. The van der Waals surface area contributed by atoms with Gasteiger partial charge in [-0.2, -0.15) is 0 Å². The summed E-state index contributed by atoms with van der Waals surface area (Å²) in [5.74, 6) is 0.255. The lowest BCUT2D eigenvalue weighted by molar-refractivity contribution is -0.131. The van der Waals surface area contributed by atoms with Crippen LogP contribution >= 0.6 is 0 Å². The molecule has 0 spiro atoms. The number of nitrogens with one attached hydrogen (secondary N) is 1. The van der Waals surface area contributed by atoms with Crippen molar-refractivity contribution < 1.29 is 9.59 Å². The maximum Gasteiger partial charge on any atom is 0.241 e. The zero-order chi connectivity index (χ0) is 14.7. The van der Waals surface area contributed by atoms with Crippen molar-refractivity contribution in [3.63, 3.8) is 0 Å². The highest BCUT2D eigenvalue weighted by atomic mass is 16.2. The molecule has 1 aromatic rings. The molecule has 0 aliphatic carbocycles. The average Bonchev–Trinajstić information content (AvgIpc) is 2.84. The zero-order valence-corrected chi connectivity index (χ0v) is 12.4. The Balaban J connectivity index is 1.98. The number of benzene rings is 1. The molecule has 0 aromatic heterocycles. The smallest absolute Gasteiger partial charge is 0.241 e. The third-order valence-electron chi connectivity index (χ3n) is 3.74. The van der Waals surface area contributed by atoms with Gasteiger partial charge in [0.1, 0.15) is 0 Å². The minimum atomic E-state index is -0.164. The van der Waals surface area contributed by atoms with Crippen molar-refractivity contribution in [2.45, 2.75) is 33.1 Å². The monoisotopic (exact) mass is 274 g/mol. The number of hydrogen-bond donors (Lipinski definition) is 1. The Morgan fingerprint density at radius 1 is 1.25 bits per heavy atom. The fourth-order valence-corrected chi connectivity index (χ4v) is 2.82. The molecule has 2 amide bonds. The minimum Gasteiger partial charge on any atom is -0.347 e. The second kappa shape index (κ2) is 6.07. The second-order valence-corrected chi connectivity index (χ2v) is 5.66. The van der Waals surface area contributed by atoms with Gasteiger partial charge in [-0.05, 0) is 25.8 Å². The van der Waals surface area contributed by atoms with E-state index in [4.69, 9.17) is 0 Å². The van der Waals surface area contributed by atoms with Crippen molar-refractivity contribution in [2.24, 2.45) is 0 Å². The Morgan fingerprint density at radius 3 is 2.50 bits per heavy atom. The van der Waals surface area contributed by atoms with Gasteiger partial charge in [0, 0.05) is 25.9 Å². The van der Waals surface area contributed by atoms with Gasteiger partial charge in [-0.3, -0.25) is 9.59 Å². The van der Waals surface area contributed by atoms with Crippen LogP contribution in [0.5, 0.6) is 0 Å². The maximum atomic E-state index is 12.0. The number of carbonyl (C=O) groups excluding carboxylic acids is 2. The van der Waals surface area contributed by atoms with Gasteiger partial charge in [-0.25, -0.2) is 0 Å². The minimum absolute atomic E-state index is 0.00655. The molecule has 108 valence electrons. The number of rotatable bonds is 3. The van der Waals surface area contributed by atoms with Gasteiger partial charge in [-0.15, -0.1) is 0 Å². The standard InChI is InChI=1S/C16H22N2O2/c1-11-6-12(2)8-15(7-11)14-4-5-18(10-14)16(20)9-17-13(3)19/h6-8,14H,4-5,9-10H2,1-3H3,(H,17,19)/t14-/m1/s1. The first-order chi connectivity index (χ1) is 9.45. The van der Waals surface area contributed by atoms with Crippen LogP contribution in [-0.2, 0) is 9.59 Å². The molecule has 0 radical (unpaired) electrons. The summed E-state index contributed by atoms with van der Waals surface area (Å²) < 4.78 is 0. The van der Waals surface area contributed by atoms with Gasteiger partial charge in [0.05, 0.1) is 6.54 Å². The first-order valence-corrected chi connectivity index (χ1v) is 7.06. The van der Waals surface area contributed by atoms with Gasteiger partial charge in [0.25, 0.3) is 0 Å². The normalized spacial score (nSPS) is 18.1. The third-order valence-corrected chi connectivity index (χ3v) is 3.74. The van der Waals surface area contributed by atoms with Crippen molar-refractivity contribution >= 4 is 11.8 Å². The number of aryl methyl sites for hydroxylation is 2. The lowest BCUT2D eigenvalue weighted by Gasteiger charge is -2.17. The summed E-state index contributed by atoms with van der Waals surface area (Å²) in [4.78, 5) is 24.7. The van der Waals surface area contributed by atoms with Gasteiger partial charge in [0.15, 0.2) is 0 Å². The lowest BCUT2D eigenvalue weighted by Crippen LogP contribution is -2.38. The van der Waals surface area contributed by atoms with E-state index in [0.29, 0.717) is 5.92 Å². The molecular formula is C16H22N2O2. The maximum absolute atomic E-state index is 12.0. The Labute approximate surface area is 120 Å². The lowest BCUT2D eigenvalue weighted by atomic mass is 9.95. The summed E-state index contributed by atoms with van der Waals surface area (Å²) >= 11 is 0. The van der Waals surface area contributed by atoms with E-state index in [1.165, 1.54) is 23.6 Å². The van der Waals surface area contributed by atoms with Crippen LogP contribution in [0.2, 0.25) is 0 Å². The molecule has 0 bridgehead atoms. The Morgan fingerprint density at radius 2 is 1.90 bits per heavy atom. The van der Waals surface area contributed by atoms with E-state index in [0.717, 1.165) is 19.5 Å². The third kappa shape index (κ3) is 3.59. The van der Waals surface area contributed by atoms with E-state index in [1.807, 2.05) is 4.90 Å². The van der Waals surface area contributed by atoms with E-state index in [1.54, 1.807) is 0 Å². The number of nitrogens with zero attached hydrogens (tertiary/aromatic N) is 1. The Hall–Kier alpha value is -1.84. The molecule has 1 aromatic carbocycles. The van der Waals surface area contributed by atoms with E-state index in [9.17, 15) is 9.59 Å². The zero-order valence-electron chi connectivity index (χ0n) is 12.4. The molecule has 0 saturated carbocycles. The predicted molar refractivity (Wildman–Crippen MR) is 78.5 cm³/mol. The summed E-state index contributed by atoms with van der Waals surface area (Å²) in [6.07, 6.45) is 0.995. The summed E-state index contributed by atoms with van der Waals surface area (Å²) in [7, 11) is 0. The number of hydrogen-bond acceptors (Lipinski definition) is 2. The van der Waals surface area contributed by atoms with Crippen LogP contribution in [0.1, 0.15) is 36.0 Å². The highest BCUT2D eigenvalue weighted by molar-refractivity contribution is 5.83. The molecule has 1 N–H and O–H groups in total. The summed E-state index contributed by atoms with van der Waals surface area (Å²) in [5, 5.41) is 2.56. The molecule has 1 heterocycles. The van der Waals surface area contributed by atoms with Crippen LogP contribution in [-0.4, -0.2) is 36.3 Å². The highest BCUT2D eigenvalue weighted by Crippen LogP contribution is 2.28. The number of carbonyl (C=O) groups is 2. The molecule has 4 heteroatoms. The predicted octanol–water partition coefficient (Wildman–Crippen LogP) is 1.76. The van der Waals surface area contributed by atoms with E-state index in [2.05, 4.69) is 37.4 Å². The summed E-state index contributed by atoms with van der Waals surface area (Å²) in [5.41, 5.74) is 3.85. The number of likely N-dealkylation sites (tertiary alicyclic amines) is 1. The van der Waals surface area contributed by atoms with Crippen molar-refractivity contribution in [3.05, 3.63) is 34.9 Å². The molecule has 1 saturated heterocycles. The van der Waals surface area contributed by atoms with E-state index < -0.39 is 0 Å². The molecule has 0 unspecified atom stereocenters. The quantitative estimate of drug-likeness (QED) is 0.913. The molecular weight excluding hydrogens is 252 g/mol. The average molecular weight is 274 g/mol. The number of amides is 2. The Bertz CT molecular complexity index is 505. The molecule has 20 heavy (non-hydrogen) atoms. The van der Waals surface area contributed by atoms with Gasteiger partial charge < -0.3 is 10.2 Å². The molecule has 1 atom stereocenters. The van der Waals surface area contributed by atoms with Gasteiger partial charge in [-0.1, -0.05) is 29.3 Å². The van der Waals surface area contributed by atoms with Crippen molar-refractivity contribution in [2.75, 3.05) is 19.6 Å². The largest absolute Gasteiger partial charge is 0.347 e. The molecule has 1 aliphatic heterocycles. The molecule has 1 aliphatic rings. The van der Waals surface area contributed by atoms with Crippen molar-refractivity contribution in [3.8, 4) is 0 Å². The van der Waals surface area contributed by atoms with Crippen LogP contribution in [0.25, 0.3) is 0 Å². The van der Waals surface area contributed by atoms with Crippen molar-refractivity contribution in [1.29, 1.82) is 0 Å². The second-order valence-electron chi connectivity index (χ2n) is 5.66. The first-order valence-electron chi connectivity index (χ1n) is 7.06. The topological polar surface area (TPSA) is 49.4 Å². The SMILES string of the molecule is CC(=O)NCC(=O)N1CC[C@@H](c2cc(C)cc(C)c2)C1. The Kier molecular flexibility index (Phi) is 4.42. The van der Waals surface area contributed by atoms with Gasteiger partial charge in [0.2, 0.25) is 11.8 Å². The summed E-state index contributed by atoms with van der Waals surface area (Å²) in [6, 6.07) is 6.58. The van der Waals surface area contributed by atoms with Crippen LogP contribution in [0.4, 0.5) is 0 Å². The van der Waals surface area contributed by atoms with E-state index in [-0.39, 0.29) is 18.4 Å². The van der Waals surface area contributed by atoms with E-state index >= 15 is 0 Å². The van der Waals surface area contributed by atoms with Crippen LogP contribution in [0.3, 0.4) is 0 Å². The van der Waals surface area contributed by atoms with Crippen molar-refractivity contribution in [1.82, 2.24) is 10.2 Å². The van der Waals surface area contributed by atoms with Gasteiger partial charge >= 0.3 is 0 Å². The van der Waals surface area contributed by atoms with Crippen LogP contribution in [0.15, 0.2) is 18.2 Å². The molecule has 2 rings (SSSR count). The highest BCUT2D eigenvalue weighted by Gasteiger charge is 2.27. The molecule has 1 fully saturated rings. The summed E-state index contributed by atoms with van der Waals surface area (Å²) in [6.45, 7) is 7.26. The fourth-order valence-electron chi connectivity index (χ4n) is 2.82. The van der Waals surface area contributed by atoms with Crippen LogP contribution in [0, 0.1) is 13.8 Å².